The van der Waals surface area contributed by atoms with Crippen molar-refractivity contribution in [2.75, 3.05) is 20.3 Å². The monoisotopic (exact) mass is 318 g/mol. The molecule has 0 saturated heterocycles. The molecule has 0 amide bonds. The van der Waals surface area contributed by atoms with Crippen molar-refractivity contribution in [1.29, 1.82) is 5.26 Å². The Hall–Kier alpha value is -1.77. The summed E-state index contributed by atoms with van der Waals surface area (Å²) in [5, 5.41) is 31.9. The van der Waals surface area contributed by atoms with Crippen LogP contribution in [0.3, 0.4) is 0 Å². The fraction of sp³-hybridized carbons (Fsp3) is 0.611. The number of nitriles is 1. The number of methoxy groups -OCH3 is 1. The van der Waals surface area contributed by atoms with Crippen LogP contribution in [-0.2, 0) is 6.42 Å². The zero-order valence-electron chi connectivity index (χ0n) is 13.7. The zero-order chi connectivity index (χ0) is 16.7. The minimum absolute atomic E-state index is 0.104. The summed E-state index contributed by atoms with van der Waals surface area (Å²) in [7, 11) is 1.52. The van der Waals surface area contributed by atoms with Gasteiger partial charge in [-0.05, 0) is 55.7 Å². The molecule has 1 aromatic carbocycles. The standard InChI is InChI=1S/C18H26N2O3/c1-23-18-7-4-14(9-17(18)22)8-15(12-21)11-20-16-5-2-13(10-19)3-6-16/h4,7,9,13,15-16,20-22H,2-3,5-6,8,11-12H2,1H3. The lowest BCUT2D eigenvalue weighted by atomic mass is 9.86. The maximum Gasteiger partial charge on any atom is 0.160 e. The number of benzene rings is 1. The molecule has 126 valence electrons. The van der Waals surface area contributed by atoms with Gasteiger partial charge in [0.2, 0.25) is 0 Å². The van der Waals surface area contributed by atoms with E-state index in [0.717, 1.165) is 37.8 Å². The van der Waals surface area contributed by atoms with Crippen molar-refractivity contribution >= 4 is 0 Å². The lowest BCUT2D eigenvalue weighted by Gasteiger charge is -2.27. The molecule has 5 nitrogen and oxygen atoms in total. The number of hydrogen-bond acceptors (Lipinski definition) is 5. The van der Waals surface area contributed by atoms with Crippen LogP contribution in [0, 0.1) is 23.2 Å². The van der Waals surface area contributed by atoms with Crippen molar-refractivity contribution in [3.63, 3.8) is 0 Å². The fourth-order valence-electron chi connectivity index (χ4n) is 3.16. The Morgan fingerprint density at radius 2 is 2.09 bits per heavy atom. The van der Waals surface area contributed by atoms with E-state index in [1.165, 1.54) is 7.11 Å². The number of phenolic OH excluding ortho intramolecular Hbond substituents is 1. The molecule has 0 bridgehead atoms. The van der Waals surface area contributed by atoms with Crippen LogP contribution in [-0.4, -0.2) is 36.5 Å². The van der Waals surface area contributed by atoms with Crippen molar-refractivity contribution in [1.82, 2.24) is 5.32 Å². The second kappa shape index (κ2) is 8.76. The van der Waals surface area contributed by atoms with Gasteiger partial charge < -0.3 is 20.3 Å². The SMILES string of the molecule is COc1ccc(CC(CO)CNC2CCC(C#N)CC2)cc1O. The molecule has 0 spiro atoms. The fourth-order valence-corrected chi connectivity index (χ4v) is 3.16. The van der Waals surface area contributed by atoms with Crippen LogP contribution in [0.2, 0.25) is 0 Å². The molecule has 1 unspecified atom stereocenters. The number of phenols is 1. The third-order valence-corrected chi connectivity index (χ3v) is 4.63. The highest BCUT2D eigenvalue weighted by Gasteiger charge is 2.21. The predicted molar refractivity (Wildman–Crippen MR) is 88.3 cm³/mol. The molecular weight excluding hydrogens is 292 g/mol. The van der Waals surface area contributed by atoms with Gasteiger partial charge in [0.05, 0.1) is 13.2 Å². The first kappa shape index (κ1) is 17.6. The van der Waals surface area contributed by atoms with Crippen molar-refractivity contribution in [2.45, 2.75) is 38.1 Å². The molecule has 1 fully saturated rings. The van der Waals surface area contributed by atoms with Crippen LogP contribution in [0.1, 0.15) is 31.2 Å². The van der Waals surface area contributed by atoms with E-state index < -0.39 is 0 Å². The molecule has 0 aliphatic heterocycles. The summed E-state index contributed by atoms with van der Waals surface area (Å²) < 4.78 is 5.04. The third kappa shape index (κ3) is 5.12. The Morgan fingerprint density at radius 3 is 2.65 bits per heavy atom. The van der Waals surface area contributed by atoms with Gasteiger partial charge in [0.25, 0.3) is 0 Å². The van der Waals surface area contributed by atoms with Crippen LogP contribution < -0.4 is 10.1 Å². The average Bonchev–Trinajstić information content (AvgIpc) is 2.59. The molecule has 2 rings (SSSR count). The molecule has 1 atom stereocenters. The number of aliphatic hydroxyl groups excluding tert-OH is 1. The van der Waals surface area contributed by atoms with Gasteiger partial charge in [0.15, 0.2) is 11.5 Å². The predicted octanol–water partition coefficient (Wildman–Crippen LogP) is 2.22. The molecule has 0 radical (unpaired) electrons. The van der Waals surface area contributed by atoms with Gasteiger partial charge in [-0.3, -0.25) is 0 Å². The molecule has 1 aliphatic carbocycles. The van der Waals surface area contributed by atoms with Gasteiger partial charge in [0.1, 0.15) is 0 Å². The first-order valence-corrected chi connectivity index (χ1v) is 8.26. The van der Waals surface area contributed by atoms with Crippen LogP contribution in [0.4, 0.5) is 0 Å². The largest absolute Gasteiger partial charge is 0.504 e. The summed E-state index contributed by atoms with van der Waals surface area (Å²) in [5.41, 5.74) is 0.984. The van der Waals surface area contributed by atoms with Crippen LogP contribution in [0.5, 0.6) is 11.5 Å². The maximum atomic E-state index is 9.83. The second-order valence-corrected chi connectivity index (χ2v) is 6.34. The van der Waals surface area contributed by atoms with E-state index in [0.29, 0.717) is 18.2 Å². The topological polar surface area (TPSA) is 85.5 Å². The number of hydrogen-bond donors (Lipinski definition) is 3. The van der Waals surface area contributed by atoms with Gasteiger partial charge in [-0.25, -0.2) is 0 Å². The van der Waals surface area contributed by atoms with Crippen LogP contribution in [0.15, 0.2) is 18.2 Å². The summed E-state index contributed by atoms with van der Waals surface area (Å²) in [4.78, 5) is 0. The van der Waals surface area contributed by atoms with Gasteiger partial charge in [-0.1, -0.05) is 6.07 Å². The molecule has 1 aliphatic rings. The van der Waals surface area contributed by atoms with E-state index >= 15 is 0 Å². The van der Waals surface area contributed by atoms with E-state index in [4.69, 9.17) is 10.00 Å². The normalized spacial score (nSPS) is 22.3. The van der Waals surface area contributed by atoms with Crippen molar-refractivity contribution < 1.29 is 14.9 Å². The van der Waals surface area contributed by atoms with Gasteiger partial charge in [-0.2, -0.15) is 5.26 Å². The number of nitrogens with one attached hydrogen (secondary N) is 1. The minimum Gasteiger partial charge on any atom is -0.504 e. The quantitative estimate of drug-likeness (QED) is 0.718. The van der Waals surface area contributed by atoms with Crippen LogP contribution in [0.25, 0.3) is 0 Å². The molecule has 0 heterocycles. The molecule has 0 aromatic heterocycles. The van der Waals surface area contributed by atoms with E-state index in [1.807, 2.05) is 6.07 Å². The van der Waals surface area contributed by atoms with Crippen LogP contribution >= 0.6 is 0 Å². The molecule has 23 heavy (non-hydrogen) atoms. The Kier molecular flexibility index (Phi) is 6.69. The summed E-state index contributed by atoms with van der Waals surface area (Å²) in [5.74, 6) is 0.909. The number of nitrogens with zero attached hydrogens (tertiary/aromatic N) is 1. The molecule has 5 heteroatoms. The number of rotatable bonds is 7. The Balaban J connectivity index is 1.81. The van der Waals surface area contributed by atoms with E-state index in [1.54, 1.807) is 12.1 Å². The van der Waals surface area contributed by atoms with E-state index in [9.17, 15) is 10.2 Å². The molecule has 1 aromatic rings. The molecular formula is C18H26N2O3. The number of ether oxygens (including phenoxy) is 1. The Bertz CT molecular complexity index is 534. The lowest BCUT2D eigenvalue weighted by molar-refractivity contribution is 0.211. The summed E-state index contributed by atoms with van der Waals surface area (Å²) in [6, 6.07) is 8.14. The zero-order valence-corrected chi connectivity index (χ0v) is 13.7. The van der Waals surface area contributed by atoms with Gasteiger partial charge >= 0.3 is 0 Å². The molecule has 3 N–H and O–H groups in total. The van der Waals surface area contributed by atoms with E-state index in [2.05, 4.69) is 11.4 Å². The van der Waals surface area contributed by atoms with Gasteiger partial charge in [0, 0.05) is 25.1 Å². The Labute approximate surface area is 137 Å². The first-order valence-electron chi connectivity index (χ1n) is 8.26. The summed E-state index contributed by atoms with van der Waals surface area (Å²) >= 11 is 0. The molecule has 1 saturated carbocycles. The highest BCUT2D eigenvalue weighted by atomic mass is 16.5. The van der Waals surface area contributed by atoms with E-state index in [-0.39, 0.29) is 24.2 Å². The Morgan fingerprint density at radius 1 is 1.35 bits per heavy atom. The highest BCUT2D eigenvalue weighted by molar-refractivity contribution is 5.41. The first-order chi connectivity index (χ1) is 11.2. The summed E-state index contributed by atoms with van der Waals surface area (Å²) in [6.45, 7) is 0.846. The minimum atomic E-state index is 0.104. The van der Waals surface area contributed by atoms with Gasteiger partial charge in [-0.15, -0.1) is 0 Å². The van der Waals surface area contributed by atoms with Crippen molar-refractivity contribution in [3.05, 3.63) is 23.8 Å². The maximum absolute atomic E-state index is 9.83. The van der Waals surface area contributed by atoms with Crippen molar-refractivity contribution in [2.24, 2.45) is 11.8 Å². The van der Waals surface area contributed by atoms with Crippen molar-refractivity contribution in [3.8, 4) is 17.6 Å². The highest BCUT2D eigenvalue weighted by Crippen LogP contribution is 2.27. The summed E-state index contributed by atoms with van der Waals surface area (Å²) in [6.07, 6.45) is 4.68. The average molecular weight is 318 g/mol. The smallest absolute Gasteiger partial charge is 0.160 e. The second-order valence-electron chi connectivity index (χ2n) is 6.34. The lowest BCUT2D eigenvalue weighted by Crippen LogP contribution is -2.37. The number of aliphatic hydroxyl groups is 1. The third-order valence-electron chi connectivity index (χ3n) is 4.63. The number of aromatic hydroxyl groups is 1.